The molecule has 0 spiro atoms. The zero-order valence-corrected chi connectivity index (χ0v) is 9.36. The van der Waals surface area contributed by atoms with Crippen LogP contribution in [-0.4, -0.2) is 15.5 Å². The Morgan fingerprint density at radius 1 is 1.25 bits per heavy atom. The molecule has 1 rings (SSSR count). The maximum Gasteiger partial charge on any atom is 0.442 e. The van der Waals surface area contributed by atoms with Gasteiger partial charge in [-0.3, -0.25) is 10.1 Å². The van der Waals surface area contributed by atoms with Gasteiger partial charge in [0.25, 0.3) is 5.69 Å². The van der Waals surface area contributed by atoms with Gasteiger partial charge in [-0.2, -0.15) is 13.2 Å². The number of non-ortho nitro benzene ring substituents is 1. The van der Waals surface area contributed by atoms with Crippen LogP contribution < -0.4 is 0 Å². The first-order valence-corrected chi connectivity index (χ1v) is 5.93. The summed E-state index contributed by atoms with van der Waals surface area (Å²) in [6, 6.07) is 5.39. The minimum absolute atomic E-state index is 0.0761. The molecule has 0 aromatic heterocycles. The number of rotatable bonds is 4. The van der Waals surface area contributed by atoms with Crippen LogP contribution in [0, 0.1) is 10.1 Å². The van der Waals surface area contributed by atoms with Gasteiger partial charge < -0.3 is 0 Å². The van der Waals surface area contributed by atoms with Gasteiger partial charge in [0.2, 0.25) is 0 Å². The van der Waals surface area contributed by atoms with E-state index < -0.39 is 10.4 Å². The molecular formula is C8H6F3NO2S2. The lowest BCUT2D eigenvalue weighted by molar-refractivity contribution is -0.384. The number of hydrogen-bond donors (Lipinski definition) is 0. The summed E-state index contributed by atoms with van der Waals surface area (Å²) in [5.74, 6) is 0. The van der Waals surface area contributed by atoms with E-state index in [9.17, 15) is 23.3 Å². The van der Waals surface area contributed by atoms with Crippen molar-refractivity contribution in [2.75, 3.05) is 5.08 Å². The fourth-order valence-electron chi connectivity index (χ4n) is 0.828. The molecule has 0 unspecified atom stereocenters. The van der Waals surface area contributed by atoms with Gasteiger partial charge in [-0.25, -0.2) is 0 Å². The monoisotopic (exact) mass is 269 g/mol. The van der Waals surface area contributed by atoms with Crippen molar-refractivity contribution < 1.29 is 18.1 Å². The Bertz CT molecular complexity index is 367. The van der Waals surface area contributed by atoms with Crippen LogP contribution >= 0.6 is 23.5 Å². The number of nitro groups is 1. The normalized spacial score (nSPS) is 11.4. The van der Waals surface area contributed by atoms with Crippen molar-refractivity contribution in [3.63, 3.8) is 0 Å². The number of benzene rings is 1. The maximum absolute atomic E-state index is 11.8. The highest BCUT2D eigenvalue weighted by Crippen LogP contribution is 2.35. The zero-order valence-electron chi connectivity index (χ0n) is 7.73. The molecule has 0 N–H and O–H groups in total. The second kappa shape index (κ2) is 5.44. The third-order valence-electron chi connectivity index (χ3n) is 1.50. The predicted molar refractivity (Wildman–Crippen MR) is 57.5 cm³/mol. The summed E-state index contributed by atoms with van der Waals surface area (Å²) in [4.78, 5) is 10.3. The third kappa shape index (κ3) is 4.75. The van der Waals surface area contributed by atoms with Gasteiger partial charge in [0, 0.05) is 17.0 Å². The van der Waals surface area contributed by atoms with Crippen LogP contribution in [0.25, 0.3) is 0 Å². The fraction of sp³-hybridized carbons (Fsp3) is 0.250. The number of halogens is 3. The fourth-order valence-corrected chi connectivity index (χ4v) is 2.47. The minimum atomic E-state index is -4.24. The second-order valence-corrected chi connectivity index (χ2v) is 5.06. The van der Waals surface area contributed by atoms with E-state index >= 15 is 0 Å². The Morgan fingerprint density at radius 3 is 2.25 bits per heavy atom. The average molecular weight is 269 g/mol. The summed E-state index contributed by atoms with van der Waals surface area (Å²) >= 11 is 0.856. The lowest BCUT2D eigenvalue weighted by Gasteiger charge is -2.04. The first-order valence-electron chi connectivity index (χ1n) is 3.96. The molecule has 0 bridgehead atoms. The van der Waals surface area contributed by atoms with Crippen molar-refractivity contribution in [2.24, 2.45) is 0 Å². The SMILES string of the molecule is O=[N+]([O-])c1ccc(SCSC(F)(F)F)cc1. The molecule has 0 heterocycles. The van der Waals surface area contributed by atoms with Gasteiger partial charge in [-0.15, -0.1) is 11.8 Å². The summed E-state index contributed by atoms with van der Waals surface area (Å²) in [5, 5.41) is 10.1. The molecule has 0 fully saturated rings. The van der Waals surface area contributed by atoms with E-state index in [0.29, 0.717) is 4.90 Å². The molecule has 0 atom stereocenters. The lowest BCUT2D eigenvalue weighted by atomic mass is 10.3. The van der Waals surface area contributed by atoms with Gasteiger partial charge in [0.1, 0.15) is 0 Å². The van der Waals surface area contributed by atoms with E-state index in [-0.39, 0.29) is 22.5 Å². The van der Waals surface area contributed by atoms with Crippen molar-refractivity contribution in [1.82, 2.24) is 0 Å². The first kappa shape index (κ1) is 13.2. The minimum Gasteiger partial charge on any atom is -0.258 e. The zero-order chi connectivity index (χ0) is 12.2. The van der Waals surface area contributed by atoms with E-state index in [1.807, 2.05) is 0 Å². The van der Waals surface area contributed by atoms with E-state index in [4.69, 9.17) is 0 Å². The van der Waals surface area contributed by atoms with E-state index in [1.54, 1.807) is 0 Å². The standard InChI is InChI=1S/C8H6F3NO2S2/c9-8(10,11)16-5-15-7-3-1-6(2-4-7)12(13)14/h1-4H,5H2. The Kier molecular flexibility index (Phi) is 4.48. The molecule has 0 aliphatic carbocycles. The molecule has 1 aromatic rings. The van der Waals surface area contributed by atoms with Crippen LogP contribution in [0.2, 0.25) is 0 Å². The van der Waals surface area contributed by atoms with Crippen LogP contribution in [0.5, 0.6) is 0 Å². The number of nitrogens with zero attached hydrogens (tertiary/aromatic N) is 1. The van der Waals surface area contributed by atoms with Gasteiger partial charge in [0.15, 0.2) is 0 Å². The molecule has 0 aliphatic rings. The Balaban J connectivity index is 2.47. The lowest BCUT2D eigenvalue weighted by Crippen LogP contribution is -1.99. The molecular weight excluding hydrogens is 263 g/mol. The topological polar surface area (TPSA) is 43.1 Å². The molecule has 16 heavy (non-hydrogen) atoms. The Morgan fingerprint density at radius 2 is 1.81 bits per heavy atom. The molecule has 0 saturated carbocycles. The van der Waals surface area contributed by atoms with Crippen LogP contribution in [0.4, 0.5) is 18.9 Å². The molecule has 88 valence electrons. The van der Waals surface area contributed by atoms with Crippen LogP contribution in [-0.2, 0) is 0 Å². The predicted octanol–water partition coefficient (Wildman–Crippen LogP) is 3.90. The number of thioether (sulfide) groups is 2. The molecule has 1 aromatic carbocycles. The largest absolute Gasteiger partial charge is 0.442 e. The van der Waals surface area contributed by atoms with Crippen LogP contribution in [0.3, 0.4) is 0 Å². The van der Waals surface area contributed by atoms with Gasteiger partial charge in [-0.1, -0.05) is 0 Å². The van der Waals surface area contributed by atoms with E-state index in [0.717, 1.165) is 11.8 Å². The summed E-state index contributed by atoms with van der Waals surface area (Å²) in [6.07, 6.45) is 0. The molecule has 3 nitrogen and oxygen atoms in total. The number of nitro benzene ring substituents is 1. The molecule has 0 radical (unpaired) electrons. The first-order chi connectivity index (χ1) is 7.38. The quantitative estimate of drug-likeness (QED) is 0.360. The van der Waals surface area contributed by atoms with Crippen LogP contribution in [0.15, 0.2) is 29.2 Å². The van der Waals surface area contributed by atoms with E-state index in [1.165, 1.54) is 24.3 Å². The molecule has 0 aliphatic heterocycles. The summed E-state index contributed by atoms with van der Waals surface area (Å²) in [5.41, 5.74) is -4.32. The van der Waals surface area contributed by atoms with Crippen molar-refractivity contribution >= 4 is 29.2 Å². The number of hydrogen-bond acceptors (Lipinski definition) is 4. The maximum atomic E-state index is 11.8. The highest BCUT2D eigenvalue weighted by molar-refractivity contribution is 8.16. The van der Waals surface area contributed by atoms with E-state index in [2.05, 4.69) is 0 Å². The van der Waals surface area contributed by atoms with Gasteiger partial charge in [-0.05, 0) is 23.9 Å². The molecule has 8 heteroatoms. The molecule has 0 saturated heterocycles. The van der Waals surface area contributed by atoms with Crippen molar-refractivity contribution in [3.8, 4) is 0 Å². The summed E-state index contributed by atoms with van der Waals surface area (Å²) < 4.78 is 35.4. The number of alkyl halides is 3. The third-order valence-corrected chi connectivity index (χ3v) is 3.37. The Hall–Kier alpha value is -0.890. The smallest absolute Gasteiger partial charge is 0.258 e. The van der Waals surface area contributed by atoms with Gasteiger partial charge >= 0.3 is 5.51 Å². The highest BCUT2D eigenvalue weighted by atomic mass is 32.2. The average Bonchev–Trinajstić information content (AvgIpc) is 2.16. The Labute approximate surface area is 97.6 Å². The van der Waals surface area contributed by atoms with Crippen molar-refractivity contribution in [1.29, 1.82) is 0 Å². The highest BCUT2D eigenvalue weighted by Gasteiger charge is 2.27. The summed E-state index contributed by atoms with van der Waals surface area (Å²) in [7, 11) is 0. The summed E-state index contributed by atoms with van der Waals surface area (Å²) in [6.45, 7) is 0. The van der Waals surface area contributed by atoms with Crippen molar-refractivity contribution in [3.05, 3.63) is 34.4 Å². The van der Waals surface area contributed by atoms with Crippen LogP contribution in [0.1, 0.15) is 0 Å². The molecule has 0 amide bonds. The van der Waals surface area contributed by atoms with Gasteiger partial charge in [0.05, 0.1) is 10.0 Å². The van der Waals surface area contributed by atoms with Crippen molar-refractivity contribution in [2.45, 2.75) is 10.4 Å². The second-order valence-electron chi connectivity index (χ2n) is 2.60.